The van der Waals surface area contributed by atoms with Crippen molar-refractivity contribution < 1.29 is 0 Å². The minimum absolute atomic E-state index is 0.332. The van der Waals surface area contributed by atoms with E-state index in [1.165, 1.54) is 64.5 Å². The highest BCUT2D eigenvalue weighted by molar-refractivity contribution is 4.98. The van der Waals surface area contributed by atoms with Crippen molar-refractivity contribution in [2.75, 3.05) is 19.6 Å². The minimum Gasteiger partial charge on any atom is -0.312 e. The third-order valence-electron chi connectivity index (χ3n) is 5.91. The number of nitrogens with zero attached hydrogens (tertiary/aromatic N) is 1. The van der Waals surface area contributed by atoms with E-state index in [0.29, 0.717) is 11.6 Å². The average Bonchev–Trinajstić information content (AvgIpc) is 2.55. The molecule has 0 amide bonds. The van der Waals surface area contributed by atoms with Crippen LogP contribution in [-0.2, 0) is 0 Å². The van der Waals surface area contributed by atoms with Crippen LogP contribution in [0.3, 0.4) is 0 Å². The van der Waals surface area contributed by atoms with Gasteiger partial charge in [0.15, 0.2) is 0 Å². The first-order valence-electron chi connectivity index (χ1n) is 9.60. The lowest BCUT2D eigenvalue weighted by Crippen LogP contribution is -2.61. The van der Waals surface area contributed by atoms with Gasteiger partial charge in [-0.2, -0.15) is 0 Å². The number of likely N-dealkylation sites (tertiary alicyclic amines) is 1. The van der Waals surface area contributed by atoms with Crippen molar-refractivity contribution in [3.8, 4) is 0 Å². The van der Waals surface area contributed by atoms with Crippen molar-refractivity contribution in [3.05, 3.63) is 0 Å². The van der Waals surface area contributed by atoms with Crippen molar-refractivity contribution in [1.82, 2.24) is 10.2 Å². The van der Waals surface area contributed by atoms with Crippen LogP contribution in [0.4, 0.5) is 0 Å². The van der Waals surface area contributed by atoms with Gasteiger partial charge in [0, 0.05) is 11.6 Å². The zero-order valence-electron chi connectivity index (χ0n) is 15.4. The van der Waals surface area contributed by atoms with Gasteiger partial charge in [0.25, 0.3) is 0 Å². The molecule has 21 heavy (non-hydrogen) atoms. The second-order valence-electron chi connectivity index (χ2n) is 7.18. The summed E-state index contributed by atoms with van der Waals surface area (Å²) in [5, 5.41) is 3.92. The summed E-state index contributed by atoms with van der Waals surface area (Å²) in [4.78, 5) is 2.80. The minimum atomic E-state index is 0.332. The van der Waals surface area contributed by atoms with E-state index in [1.54, 1.807) is 0 Å². The Morgan fingerprint density at radius 1 is 1.00 bits per heavy atom. The van der Waals surface area contributed by atoms with Gasteiger partial charge >= 0.3 is 0 Å². The van der Waals surface area contributed by atoms with Crippen molar-refractivity contribution in [1.29, 1.82) is 0 Å². The molecule has 0 aromatic rings. The summed E-state index contributed by atoms with van der Waals surface area (Å²) in [6.07, 6.45) is 10.7. The second kappa shape index (κ2) is 9.84. The summed E-state index contributed by atoms with van der Waals surface area (Å²) < 4.78 is 0. The van der Waals surface area contributed by atoms with Crippen LogP contribution in [0.5, 0.6) is 0 Å². The van der Waals surface area contributed by atoms with Gasteiger partial charge in [0.1, 0.15) is 0 Å². The lowest BCUT2D eigenvalue weighted by molar-refractivity contribution is 0.0344. The SMILES string of the molecule is CCCNC(CC(CC)CC)C(C)(CC)N1CCCCC1. The standard InChI is InChI=1S/C19H40N2/c1-6-13-20-18(16-17(7-2)8-3)19(5,9-4)21-14-11-10-12-15-21/h17-18,20H,6-16H2,1-5H3. The Kier molecular flexibility index (Phi) is 8.89. The summed E-state index contributed by atoms with van der Waals surface area (Å²) >= 11 is 0. The van der Waals surface area contributed by atoms with Gasteiger partial charge in [-0.15, -0.1) is 0 Å². The molecule has 1 heterocycles. The molecule has 2 unspecified atom stereocenters. The third-order valence-corrected chi connectivity index (χ3v) is 5.91. The molecule has 0 aromatic heterocycles. The Morgan fingerprint density at radius 3 is 2.10 bits per heavy atom. The first kappa shape index (κ1) is 19.0. The highest BCUT2D eigenvalue weighted by Gasteiger charge is 2.38. The van der Waals surface area contributed by atoms with Crippen molar-refractivity contribution >= 4 is 0 Å². The van der Waals surface area contributed by atoms with Crippen LogP contribution in [0.1, 0.15) is 86.0 Å². The average molecular weight is 297 g/mol. The number of nitrogens with one attached hydrogen (secondary N) is 1. The van der Waals surface area contributed by atoms with Crippen LogP contribution in [0, 0.1) is 5.92 Å². The zero-order chi connectivity index (χ0) is 15.7. The molecule has 0 saturated carbocycles. The Bertz CT molecular complexity index is 256. The number of hydrogen-bond acceptors (Lipinski definition) is 2. The predicted molar refractivity (Wildman–Crippen MR) is 94.9 cm³/mol. The normalized spacial score (nSPS) is 21.4. The van der Waals surface area contributed by atoms with E-state index in [-0.39, 0.29) is 0 Å². The molecule has 1 N–H and O–H groups in total. The molecule has 2 nitrogen and oxygen atoms in total. The Balaban J connectivity index is 2.83. The molecule has 1 aliphatic rings. The summed E-state index contributed by atoms with van der Waals surface area (Å²) in [6.45, 7) is 15.7. The van der Waals surface area contributed by atoms with E-state index in [2.05, 4.69) is 44.8 Å². The fraction of sp³-hybridized carbons (Fsp3) is 1.00. The maximum atomic E-state index is 3.92. The lowest BCUT2D eigenvalue weighted by Gasteiger charge is -2.49. The lowest BCUT2D eigenvalue weighted by atomic mass is 9.79. The largest absolute Gasteiger partial charge is 0.312 e. The van der Waals surface area contributed by atoms with Crippen LogP contribution in [-0.4, -0.2) is 36.1 Å². The van der Waals surface area contributed by atoms with Gasteiger partial charge in [-0.25, -0.2) is 0 Å². The van der Waals surface area contributed by atoms with Crippen molar-refractivity contribution in [2.24, 2.45) is 5.92 Å². The molecular formula is C19H40N2. The predicted octanol–water partition coefficient (Wildman–Crippen LogP) is 4.84. The molecule has 0 spiro atoms. The summed E-state index contributed by atoms with van der Waals surface area (Å²) in [5.41, 5.74) is 0.332. The molecule has 0 aromatic carbocycles. The molecule has 2 heteroatoms. The van der Waals surface area contributed by atoms with E-state index in [0.717, 1.165) is 12.5 Å². The number of piperidine rings is 1. The maximum Gasteiger partial charge on any atom is 0.0331 e. The molecule has 1 fully saturated rings. The van der Waals surface area contributed by atoms with Crippen LogP contribution >= 0.6 is 0 Å². The third kappa shape index (κ3) is 5.25. The van der Waals surface area contributed by atoms with Crippen molar-refractivity contribution in [3.63, 3.8) is 0 Å². The molecule has 126 valence electrons. The first-order chi connectivity index (χ1) is 10.1. The Morgan fingerprint density at radius 2 is 1.62 bits per heavy atom. The maximum absolute atomic E-state index is 3.92. The van der Waals surface area contributed by atoms with Crippen molar-refractivity contribution in [2.45, 2.75) is 97.6 Å². The molecule has 2 atom stereocenters. The van der Waals surface area contributed by atoms with Gasteiger partial charge in [-0.1, -0.05) is 47.0 Å². The molecule has 1 aliphatic heterocycles. The van der Waals surface area contributed by atoms with E-state index < -0.39 is 0 Å². The highest BCUT2D eigenvalue weighted by Crippen LogP contribution is 2.31. The molecule has 1 saturated heterocycles. The topological polar surface area (TPSA) is 15.3 Å². The van der Waals surface area contributed by atoms with Gasteiger partial charge in [0.2, 0.25) is 0 Å². The van der Waals surface area contributed by atoms with E-state index in [9.17, 15) is 0 Å². The van der Waals surface area contributed by atoms with Crippen LogP contribution < -0.4 is 5.32 Å². The quantitative estimate of drug-likeness (QED) is 0.621. The molecule has 0 aliphatic carbocycles. The van der Waals surface area contributed by atoms with E-state index in [4.69, 9.17) is 0 Å². The van der Waals surface area contributed by atoms with Gasteiger partial charge in [-0.3, -0.25) is 4.90 Å². The smallest absolute Gasteiger partial charge is 0.0331 e. The number of hydrogen-bond donors (Lipinski definition) is 1. The summed E-state index contributed by atoms with van der Waals surface area (Å²) in [6, 6.07) is 0.644. The van der Waals surface area contributed by atoms with Crippen LogP contribution in [0.15, 0.2) is 0 Å². The second-order valence-corrected chi connectivity index (χ2v) is 7.18. The van der Waals surface area contributed by atoms with Gasteiger partial charge in [0.05, 0.1) is 0 Å². The Labute approximate surface area is 134 Å². The van der Waals surface area contributed by atoms with E-state index in [1.807, 2.05) is 0 Å². The fourth-order valence-electron chi connectivity index (χ4n) is 3.93. The Hall–Kier alpha value is -0.0800. The number of rotatable bonds is 10. The summed E-state index contributed by atoms with van der Waals surface area (Å²) in [7, 11) is 0. The molecule has 0 bridgehead atoms. The first-order valence-corrected chi connectivity index (χ1v) is 9.60. The highest BCUT2D eigenvalue weighted by atomic mass is 15.2. The van der Waals surface area contributed by atoms with Crippen LogP contribution in [0.25, 0.3) is 0 Å². The van der Waals surface area contributed by atoms with E-state index >= 15 is 0 Å². The molecule has 1 rings (SSSR count). The summed E-state index contributed by atoms with van der Waals surface area (Å²) in [5.74, 6) is 0.870. The molecular weight excluding hydrogens is 256 g/mol. The molecule has 0 radical (unpaired) electrons. The monoisotopic (exact) mass is 296 g/mol. The zero-order valence-corrected chi connectivity index (χ0v) is 15.4. The van der Waals surface area contributed by atoms with Gasteiger partial charge in [-0.05, 0) is 64.6 Å². The fourth-order valence-corrected chi connectivity index (χ4v) is 3.93. The van der Waals surface area contributed by atoms with Gasteiger partial charge < -0.3 is 5.32 Å². The van der Waals surface area contributed by atoms with Crippen LogP contribution in [0.2, 0.25) is 0 Å².